The van der Waals surface area contributed by atoms with Crippen LogP contribution < -0.4 is 10.6 Å². The molecule has 2 N–H and O–H groups in total. The molecule has 33 heavy (non-hydrogen) atoms. The topological polar surface area (TPSA) is 110 Å². The maximum absolute atomic E-state index is 13.4. The van der Waals surface area contributed by atoms with Crippen LogP contribution in [-0.4, -0.2) is 42.0 Å². The Bertz CT molecular complexity index is 1190. The molecule has 0 radical (unpaired) electrons. The second-order valence-corrected chi connectivity index (χ2v) is 12.2. The Morgan fingerprint density at radius 3 is 2.76 bits per heavy atom. The van der Waals surface area contributed by atoms with Crippen LogP contribution in [0.3, 0.4) is 0 Å². The van der Waals surface area contributed by atoms with Gasteiger partial charge < -0.3 is 10.6 Å². The molecule has 2 aliphatic rings. The van der Waals surface area contributed by atoms with E-state index < -0.39 is 21.5 Å². The summed E-state index contributed by atoms with van der Waals surface area (Å²) in [4.78, 5) is 25.9. The highest BCUT2D eigenvalue weighted by Gasteiger charge is 2.29. The van der Waals surface area contributed by atoms with Gasteiger partial charge in [0.25, 0.3) is 5.91 Å². The molecule has 4 rings (SSSR count). The molecule has 178 valence electrons. The zero-order valence-corrected chi connectivity index (χ0v) is 21.3. The predicted octanol–water partition coefficient (Wildman–Crippen LogP) is 3.41. The molecule has 2 amide bonds. The van der Waals surface area contributed by atoms with Crippen LogP contribution in [0.5, 0.6) is 0 Å². The summed E-state index contributed by atoms with van der Waals surface area (Å²) in [6, 6.07) is 5.83. The van der Waals surface area contributed by atoms with Crippen molar-refractivity contribution >= 4 is 43.4 Å². The first-order chi connectivity index (χ1) is 15.6. The van der Waals surface area contributed by atoms with E-state index in [0.717, 1.165) is 35.6 Å². The number of amides is 2. The van der Waals surface area contributed by atoms with E-state index in [1.807, 2.05) is 19.1 Å². The third kappa shape index (κ3) is 6.03. The zero-order chi connectivity index (χ0) is 23.8. The fraction of sp³-hybridized carbons (Fsp3) is 0.522. The quantitative estimate of drug-likeness (QED) is 0.587. The SMILES string of the molecule is C[C@@H]1NC(=O)c2c(nn(CCC3CC3)c2NC(=O)CS(C)(=O)=O)CCCc2cc(Br)ccc21. The van der Waals surface area contributed by atoms with Crippen molar-refractivity contribution in [1.29, 1.82) is 0 Å². The Labute approximate surface area is 202 Å². The summed E-state index contributed by atoms with van der Waals surface area (Å²) in [7, 11) is -3.51. The lowest BCUT2D eigenvalue weighted by Crippen LogP contribution is -2.30. The molecular weight excluding hydrogens is 508 g/mol. The number of nitrogens with zero attached hydrogens (tertiary/aromatic N) is 2. The Balaban J connectivity index is 1.69. The molecule has 1 aromatic carbocycles. The van der Waals surface area contributed by atoms with E-state index >= 15 is 0 Å². The molecular formula is C23H29BrN4O4S. The number of nitrogens with one attached hydrogen (secondary N) is 2. The van der Waals surface area contributed by atoms with Crippen molar-refractivity contribution in [2.24, 2.45) is 5.92 Å². The Kier molecular flexibility index (Phi) is 6.95. The van der Waals surface area contributed by atoms with Gasteiger partial charge in [-0.15, -0.1) is 0 Å². The number of carbonyl (C=O) groups excluding carboxylic acids is 2. The number of hydrogen-bond acceptors (Lipinski definition) is 5. The number of hydrogen-bond donors (Lipinski definition) is 2. The van der Waals surface area contributed by atoms with Gasteiger partial charge in [0.15, 0.2) is 9.84 Å². The lowest BCUT2D eigenvalue weighted by molar-refractivity contribution is -0.113. The molecule has 2 aromatic rings. The van der Waals surface area contributed by atoms with Crippen molar-refractivity contribution in [2.45, 2.75) is 58.0 Å². The average molecular weight is 537 g/mol. The Morgan fingerprint density at radius 1 is 1.30 bits per heavy atom. The molecule has 1 aromatic heterocycles. The van der Waals surface area contributed by atoms with Gasteiger partial charge in [-0.2, -0.15) is 5.10 Å². The molecule has 0 unspecified atom stereocenters. The fourth-order valence-corrected chi connectivity index (χ4v) is 5.29. The van der Waals surface area contributed by atoms with Gasteiger partial charge >= 0.3 is 0 Å². The molecule has 0 bridgehead atoms. The average Bonchev–Trinajstić information content (AvgIpc) is 3.47. The van der Waals surface area contributed by atoms with E-state index in [1.165, 1.54) is 18.4 Å². The number of aromatic nitrogens is 2. The first kappa shape index (κ1) is 23.9. The monoisotopic (exact) mass is 536 g/mol. The fourth-order valence-electron chi connectivity index (χ4n) is 4.34. The minimum absolute atomic E-state index is 0.235. The molecule has 1 saturated carbocycles. The molecule has 1 fully saturated rings. The number of rotatable bonds is 6. The number of carbonyl (C=O) groups is 2. The number of anilines is 1. The van der Waals surface area contributed by atoms with Crippen LogP contribution in [-0.2, 0) is 34.0 Å². The second-order valence-electron chi connectivity index (χ2n) is 9.14. The normalized spacial score (nSPS) is 18.8. The highest BCUT2D eigenvalue weighted by Crippen LogP contribution is 2.34. The maximum Gasteiger partial charge on any atom is 0.257 e. The Morgan fingerprint density at radius 2 is 2.06 bits per heavy atom. The zero-order valence-electron chi connectivity index (χ0n) is 18.9. The van der Waals surface area contributed by atoms with E-state index in [1.54, 1.807) is 4.68 Å². The van der Waals surface area contributed by atoms with E-state index in [4.69, 9.17) is 5.10 Å². The molecule has 2 heterocycles. The minimum Gasteiger partial charge on any atom is -0.345 e. The number of halogens is 1. The van der Waals surface area contributed by atoms with E-state index in [-0.39, 0.29) is 11.9 Å². The van der Waals surface area contributed by atoms with Crippen LogP contribution in [0.4, 0.5) is 5.82 Å². The van der Waals surface area contributed by atoms with Crippen LogP contribution in [0.1, 0.15) is 65.8 Å². The summed E-state index contributed by atoms with van der Waals surface area (Å²) in [5.41, 5.74) is 3.19. The second kappa shape index (κ2) is 9.58. The molecule has 10 heteroatoms. The van der Waals surface area contributed by atoms with Crippen molar-refractivity contribution in [2.75, 3.05) is 17.3 Å². The lowest BCUT2D eigenvalue weighted by Gasteiger charge is -2.20. The Hall–Kier alpha value is -2.20. The smallest absolute Gasteiger partial charge is 0.257 e. The van der Waals surface area contributed by atoms with Crippen molar-refractivity contribution in [3.05, 3.63) is 45.1 Å². The van der Waals surface area contributed by atoms with Gasteiger partial charge in [0.2, 0.25) is 5.91 Å². The molecule has 0 saturated heterocycles. The molecule has 1 atom stereocenters. The van der Waals surface area contributed by atoms with Gasteiger partial charge in [-0.1, -0.05) is 34.8 Å². The summed E-state index contributed by atoms with van der Waals surface area (Å²) in [5, 5.41) is 10.5. The highest BCUT2D eigenvalue weighted by atomic mass is 79.9. The number of aryl methyl sites for hydroxylation is 3. The predicted molar refractivity (Wildman–Crippen MR) is 130 cm³/mol. The first-order valence-electron chi connectivity index (χ1n) is 11.3. The van der Waals surface area contributed by atoms with Crippen molar-refractivity contribution in [1.82, 2.24) is 15.1 Å². The minimum atomic E-state index is -3.51. The summed E-state index contributed by atoms with van der Waals surface area (Å²) in [6.07, 6.45) is 6.50. The standard InChI is InChI=1S/C23H29BrN4O4S/c1-14-18-9-8-17(24)12-16(18)4-3-5-19-21(23(30)25-14)22(26-20(29)13-33(2,31)32)28(27-19)11-10-15-6-7-15/h8-9,12,14-15H,3-7,10-11,13H2,1-2H3,(H,25,30)(H,26,29)/t14-/m0/s1. The van der Waals surface area contributed by atoms with Gasteiger partial charge in [0, 0.05) is 17.3 Å². The summed E-state index contributed by atoms with van der Waals surface area (Å²) >= 11 is 3.53. The van der Waals surface area contributed by atoms with Gasteiger partial charge in [0.1, 0.15) is 17.1 Å². The van der Waals surface area contributed by atoms with E-state index in [9.17, 15) is 18.0 Å². The highest BCUT2D eigenvalue weighted by molar-refractivity contribution is 9.10. The molecule has 1 aliphatic heterocycles. The van der Waals surface area contributed by atoms with Gasteiger partial charge in [0.05, 0.1) is 11.7 Å². The van der Waals surface area contributed by atoms with E-state index in [2.05, 4.69) is 32.6 Å². The third-order valence-electron chi connectivity index (χ3n) is 6.13. The van der Waals surface area contributed by atoms with Crippen molar-refractivity contribution in [3.8, 4) is 0 Å². The summed E-state index contributed by atoms with van der Waals surface area (Å²) < 4.78 is 25.9. The number of benzene rings is 1. The third-order valence-corrected chi connectivity index (χ3v) is 7.41. The van der Waals surface area contributed by atoms with Crippen LogP contribution in [0.25, 0.3) is 0 Å². The molecule has 0 spiro atoms. The number of sulfone groups is 1. The van der Waals surface area contributed by atoms with Crippen LogP contribution in [0.15, 0.2) is 22.7 Å². The largest absolute Gasteiger partial charge is 0.345 e. The van der Waals surface area contributed by atoms with Crippen molar-refractivity contribution in [3.63, 3.8) is 0 Å². The van der Waals surface area contributed by atoms with Crippen LogP contribution in [0, 0.1) is 5.92 Å². The summed E-state index contributed by atoms with van der Waals surface area (Å²) in [5.74, 6) is -0.692. The van der Waals surface area contributed by atoms with Gasteiger partial charge in [-0.3, -0.25) is 9.59 Å². The summed E-state index contributed by atoms with van der Waals surface area (Å²) in [6.45, 7) is 2.51. The van der Waals surface area contributed by atoms with Crippen molar-refractivity contribution < 1.29 is 18.0 Å². The molecule has 1 aliphatic carbocycles. The lowest BCUT2D eigenvalue weighted by atomic mass is 9.95. The van der Waals surface area contributed by atoms with Gasteiger partial charge in [-0.25, -0.2) is 13.1 Å². The molecule has 8 nitrogen and oxygen atoms in total. The van der Waals surface area contributed by atoms with E-state index in [0.29, 0.717) is 36.0 Å². The maximum atomic E-state index is 13.4. The first-order valence-corrected chi connectivity index (χ1v) is 14.1. The van der Waals surface area contributed by atoms with Gasteiger partial charge in [-0.05, 0) is 61.8 Å². The van der Waals surface area contributed by atoms with Crippen LogP contribution in [0.2, 0.25) is 0 Å². The number of fused-ring (bicyclic) bond motifs is 2. The van der Waals surface area contributed by atoms with Crippen LogP contribution >= 0.6 is 15.9 Å².